The second-order valence-electron chi connectivity index (χ2n) is 4.96. The van der Waals surface area contributed by atoms with Crippen LogP contribution in [-0.2, 0) is 9.84 Å². The summed E-state index contributed by atoms with van der Waals surface area (Å²) < 4.78 is 22.7. The molecule has 0 amide bonds. The third-order valence-corrected chi connectivity index (χ3v) is 5.29. The summed E-state index contributed by atoms with van der Waals surface area (Å²) in [5.41, 5.74) is 5.67. The first kappa shape index (κ1) is 11.4. The number of hydrogen-bond donors (Lipinski definition) is 2. The third-order valence-electron chi connectivity index (χ3n) is 3.64. The van der Waals surface area contributed by atoms with Crippen molar-refractivity contribution in [3.05, 3.63) is 0 Å². The van der Waals surface area contributed by atoms with E-state index in [1.165, 1.54) is 12.8 Å². The molecule has 0 radical (unpaired) electrons. The Labute approximate surface area is 91.5 Å². The smallest absolute Gasteiger partial charge is 0.150 e. The maximum absolute atomic E-state index is 11.3. The van der Waals surface area contributed by atoms with E-state index in [0.717, 1.165) is 12.5 Å². The van der Waals surface area contributed by atoms with Gasteiger partial charge >= 0.3 is 0 Å². The topological polar surface area (TPSA) is 72.2 Å². The van der Waals surface area contributed by atoms with Crippen LogP contribution >= 0.6 is 0 Å². The van der Waals surface area contributed by atoms with Crippen LogP contribution in [0.15, 0.2) is 0 Å². The monoisotopic (exact) mass is 232 g/mol. The van der Waals surface area contributed by atoms with Crippen LogP contribution in [-0.4, -0.2) is 38.6 Å². The van der Waals surface area contributed by atoms with Crippen LogP contribution in [0.5, 0.6) is 0 Å². The normalized spacial score (nSPS) is 28.9. The highest BCUT2D eigenvalue weighted by atomic mass is 32.2. The minimum Gasteiger partial charge on any atom is -0.329 e. The molecule has 3 N–H and O–H groups in total. The number of sulfone groups is 1. The zero-order valence-electron chi connectivity index (χ0n) is 9.04. The molecule has 5 heteroatoms. The van der Waals surface area contributed by atoms with E-state index in [9.17, 15) is 8.42 Å². The molecule has 0 unspecified atom stereocenters. The Kier molecular flexibility index (Phi) is 3.05. The Balaban J connectivity index is 1.90. The summed E-state index contributed by atoms with van der Waals surface area (Å²) in [6.45, 7) is 1.56. The van der Waals surface area contributed by atoms with Gasteiger partial charge in [-0.2, -0.15) is 0 Å². The molecule has 2 aliphatic rings. The lowest BCUT2D eigenvalue weighted by Crippen LogP contribution is -2.56. The van der Waals surface area contributed by atoms with Gasteiger partial charge in [-0.1, -0.05) is 0 Å². The fraction of sp³-hybridized carbons (Fsp3) is 1.00. The highest BCUT2D eigenvalue weighted by Gasteiger charge is 2.37. The SMILES string of the molecule is NCC1(NCC2CC2)CCS(=O)(=O)CC1. The van der Waals surface area contributed by atoms with Gasteiger partial charge in [0.25, 0.3) is 0 Å². The summed E-state index contributed by atoms with van der Waals surface area (Å²) in [4.78, 5) is 0. The summed E-state index contributed by atoms with van der Waals surface area (Å²) in [6, 6.07) is 0. The molecule has 1 saturated carbocycles. The minimum atomic E-state index is -2.78. The number of rotatable bonds is 4. The van der Waals surface area contributed by atoms with E-state index in [1.807, 2.05) is 0 Å². The van der Waals surface area contributed by atoms with Crippen LogP contribution in [0.2, 0.25) is 0 Å². The maximum atomic E-state index is 11.3. The van der Waals surface area contributed by atoms with Crippen molar-refractivity contribution in [1.29, 1.82) is 0 Å². The van der Waals surface area contributed by atoms with Crippen LogP contribution in [0.1, 0.15) is 25.7 Å². The molecule has 2 fully saturated rings. The molecule has 88 valence electrons. The van der Waals surface area contributed by atoms with E-state index in [-0.39, 0.29) is 5.54 Å². The number of nitrogens with one attached hydrogen (secondary N) is 1. The van der Waals surface area contributed by atoms with E-state index in [1.54, 1.807) is 0 Å². The van der Waals surface area contributed by atoms with Gasteiger partial charge in [0.05, 0.1) is 11.5 Å². The highest BCUT2D eigenvalue weighted by molar-refractivity contribution is 7.91. The molecule has 0 bridgehead atoms. The summed E-state index contributed by atoms with van der Waals surface area (Å²) >= 11 is 0. The summed E-state index contributed by atoms with van der Waals surface area (Å²) in [5, 5.41) is 3.50. The molecule has 15 heavy (non-hydrogen) atoms. The highest BCUT2D eigenvalue weighted by Crippen LogP contribution is 2.30. The second kappa shape index (κ2) is 4.03. The van der Waals surface area contributed by atoms with Crippen LogP contribution in [0.4, 0.5) is 0 Å². The van der Waals surface area contributed by atoms with Crippen molar-refractivity contribution in [3.63, 3.8) is 0 Å². The van der Waals surface area contributed by atoms with Crippen LogP contribution in [0, 0.1) is 5.92 Å². The van der Waals surface area contributed by atoms with Crippen LogP contribution in [0.25, 0.3) is 0 Å². The zero-order valence-corrected chi connectivity index (χ0v) is 9.85. The van der Waals surface area contributed by atoms with Crippen molar-refractivity contribution in [2.45, 2.75) is 31.2 Å². The first-order chi connectivity index (χ1) is 7.05. The average molecular weight is 232 g/mol. The minimum absolute atomic E-state index is 0.103. The molecular weight excluding hydrogens is 212 g/mol. The van der Waals surface area contributed by atoms with Gasteiger partial charge in [-0.3, -0.25) is 0 Å². The van der Waals surface area contributed by atoms with E-state index < -0.39 is 9.84 Å². The molecule has 0 aromatic carbocycles. The second-order valence-corrected chi connectivity index (χ2v) is 7.26. The third kappa shape index (κ3) is 2.92. The van der Waals surface area contributed by atoms with Gasteiger partial charge in [-0.05, 0) is 38.1 Å². The van der Waals surface area contributed by atoms with Gasteiger partial charge in [0, 0.05) is 12.1 Å². The molecule has 0 spiro atoms. The lowest BCUT2D eigenvalue weighted by Gasteiger charge is -2.37. The molecular formula is C10H20N2O2S. The Morgan fingerprint density at radius 3 is 2.33 bits per heavy atom. The maximum Gasteiger partial charge on any atom is 0.150 e. The van der Waals surface area contributed by atoms with E-state index >= 15 is 0 Å². The Bertz CT molecular complexity index is 308. The van der Waals surface area contributed by atoms with Gasteiger partial charge < -0.3 is 11.1 Å². The molecule has 1 aliphatic carbocycles. The van der Waals surface area contributed by atoms with E-state index in [0.29, 0.717) is 30.9 Å². The molecule has 0 atom stereocenters. The molecule has 0 aromatic rings. The van der Waals surface area contributed by atoms with Crippen molar-refractivity contribution < 1.29 is 8.42 Å². The van der Waals surface area contributed by atoms with Crippen molar-refractivity contribution in [2.75, 3.05) is 24.6 Å². The Hall–Kier alpha value is -0.130. The quantitative estimate of drug-likeness (QED) is 0.709. The number of nitrogens with two attached hydrogens (primary N) is 1. The molecule has 2 rings (SSSR count). The van der Waals surface area contributed by atoms with Gasteiger partial charge in [0.1, 0.15) is 9.84 Å². The fourth-order valence-corrected chi connectivity index (χ4v) is 3.67. The number of hydrogen-bond acceptors (Lipinski definition) is 4. The predicted octanol–water partition coefficient (Wildman–Crippen LogP) is -0.108. The predicted molar refractivity (Wildman–Crippen MR) is 60.4 cm³/mol. The Morgan fingerprint density at radius 2 is 1.87 bits per heavy atom. The van der Waals surface area contributed by atoms with E-state index in [4.69, 9.17) is 5.73 Å². The summed E-state index contributed by atoms with van der Waals surface area (Å²) in [6.07, 6.45) is 3.98. The molecule has 0 aromatic heterocycles. The van der Waals surface area contributed by atoms with Gasteiger partial charge in [-0.25, -0.2) is 8.42 Å². The largest absolute Gasteiger partial charge is 0.329 e. The Morgan fingerprint density at radius 1 is 1.27 bits per heavy atom. The lowest BCUT2D eigenvalue weighted by atomic mass is 9.92. The first-order valence-electron chi connectivity index (χ1n) is 5.71. The van der Waals surface area contributed by atoms with Crippen molar-refractivity contribution >= 4 is 9.84 Å². The first-order valence-corrected chi connectivity index (χ1v) is 7.53. The molecule has 1 saturated heterocycles. The summed E-state index contributed by atoms with van der Waals surface area (Å²) in [5.74, 6) is 1.40. The fourth-order valence-electron chi connectivity index (χ4n) is 2.06. The van der Waals surface area contributed by atoms with Crippen molar-refractivity contribution in [1.82, 2.24) is 5.32 Å². The van der Waals surface area contributed by atoms with Crippen molar-refractivity contribution in [2.24, 2.45) is 11.7 Å². The zero-order chi connectivity index (χ0) is 10.9. The van der Waals surface area contributed by atoms with Gasteiger partial charge in [0.15, 0.2) is 0 Å². The standard InChI is InChI=1S/C10H20N2O2S/c11-8-10(12-7-9-1-2-9)3-5-15(13,14)6-4-10/h9,12H,1-8,11H2. The van der Waals surface area contributed by atoms with E-state index in [2.05, 4.69) is 5.32 Å². The van der Waals surface area contributed by atoms with Gasteiger partial charge in [0.2, 0.25) is 0 Å². The van der Waals surface area contributed by atoms with Crippen molar-refractivity contribution in [3.8, 4) is 0 Å². The molecule has 4 nitrogen and oxygen atoms in total. The molecule has 1 aliphatic heterocycles. The summed E-state index contributed by atoms with van der Waals surface area (Å²) in [7, 11) is -2.78. The van der Waals surface area contributed by atoms with Gasteiger partial charge in [-0.15, -0.1) is 0 Å². The lowest BCUT2D eigenvalue weighted by molar-refractivity contribution is 0.298. The van der Waals surface area contributed by atoms with Crippen LogP contribution in [0.3, 0.4) is 0 Å². The molecule has 1 heterocycles. The average Bonchev–Trinajstić information content (AvgIpc) is 3.01. The van der Waals surface area contributed by atoms with Crippen LogP contribution < -0.4 is 11.1 Å².